The minimum absolute atomic E-state index is 0.0679. The molecule has 0 saturated carbocycles. The quantitative estimate of drug-likeness (QED) is 0.836. The van der Waals surface area contributed by atoms with Crippen molar-refractivity contribution >= 4 is 11.6 Å². The fraction of sp³-hybridized carbons (Fsp3) is 0.375. The lowest BCUT2D eigenvalue weighted by molar-refractivity contribution is 0.448. The molecule has 2 nitrogen and oxygen atoms in total. The van der Waals surface area contributed by atoms with Crippen LogP contribution in [-0.2, 0) is 6.42 Å². The number of hydrogen-bond acceptors (Lipinski definition) is 2. The maximum Gasteiger partial charge on any atom is 0.193 e. The number of rotatable bonds is 6. The molecular formula is C16H20ClNO. The fourth-order valence-electron chi connectivity index (χ4n) is 2.10. The molecule has 2 rings (SSSR count). The summed E-state index contributed by atoms with van der Waals surface area (Å²) in [5.74, 6) is 0.864. The largest absolute Gasteiger partial charge is 0.448 e. The Labute approximate surface area is 119 Å². The van der Waals surface area contributed by atoms with E-state index in [1.54, 1.807) is 6.07 Å². The Kier molecular flexibility index (Phi) is 5.06. The molecule has 2 aromatic rings. The van der Waals surface area contributed by atoms with Crippen LogP contribution in [0, 0.1) is 0 Å². The smallest absolute Gasteiger partial charge is 0.193 e. The summed E-state index contributed by atoms with van der Waals surface area (Å²) in [7, 11) is 0. The lowest BCUT2D eigenvalue weighted by atomic mass is 10.0. The summed E-state index contributed by atoms with van der Waals surface area (Å²) in [5.41, 5.74) is 2.55. The standard InChI is InChI=1S/C16H20ClNO/c1-3-11-18-16(14-9-10-15(17)19-14)13-7-5-12(4-2)6-8-13/h5-10,16,18H,3-4,11H2,1-2H3. The summed E-state index contributed by atoms with van der Waals surface area (Å²) in [5, 5.41) is 3.93. The van der Waals surface area contributed by atoms with Gasteiger partial charge in [0, 0.05) is 0 Å². The van der Waals surface area contributed by atoms with Crippen LogP contribution in [0.15, 0.2) is 40.8 Å². The molecule has 1 aromatic heterocycles. The van der Waals surface area contributed by atoms with Gasteiger partial charge in [0.05, 0.1) is 6.04 Å². The van der Waals surface area contributed by atoms with E-state index in [4.69, 9.17) is 16.0 Å². The fourth-order valence-corrected chi connectivity index (χ4v) is 2.25. The topological polar surface area (TPSA) is 25.2 Å². The Morgan fingerprint density at radius 1 is 1.11 bits per heavy atom. The van der Waals surface area contributed by atoms with Crippen LogP contribution in [0.5, 0.6) is 0 Å². The first-order valence-electron chi connectivity index (χ1n) is 6.82. The zero-order chi connectivity index (χ0) is 13.7. The zero-order valence-electron chi connectivity index (χ0n) is 11.4. The van der Waals surface area contributed by atoms with Gasteiger partial charge in [0.15, 0.2) is 5.22 Å². The molecule has 0 bridgehead atoms. The van der Waals surface area contributed by atoms with Gasteiger partial charge in [0.2, 0.25) is 0 Å². The molecule has 0 spiro atoms. The second-order valence-corrected chi connectivity index (χ2v) is 5.00. The van der Waals surface area contributed by atoms with E-state index in [0.29, 0.717) is 5.22 Å². The zero-order valence-corrected chi connectivity index (χ0v) is 12.2. The van der Waals surface area contributed by atoms with Crippen LogP contribution in [0.4, 0.5) is 0 Å². The van der Waals surface area contributed by atoms with Crippen molar-refractivity contribution in [3.8, 4) is 0 Å². The molecule has 0 aliphatic heterocycles. The van der Waals surface area contributed by atoms with Gasteiger partial charge in [-0.05, 0) is 54.2 Å². The van der Waals surface area contributed by atoms with Crippen molar-refractivity contribution in [1.82, 2.24) is 5.32 Å². The van der Waals surface area contributed by atoms with Crippen LogP contribution < -0.4 is 5.32 Å². The van der Waals surface area contributed by atoms with Crippen molar-refractivity contribution < 1.29 is 4.42 Å². The first-order valence-corrected chi connectivity index (χ1v) is 7.19. The van der Waals surface area contributed by atoms with Gasteiger partial charge in [-0.1, -0.05) is 38.1 Å². The van der Waals surface area contributed by atoms with Crippen LogP contribution in [0.1, 0.15) is 43.2 Å². The molecule has 3 heteroatoms. The Morgan fingerprint density at radius 3 is 2.37 bits per heavy atom. The van der Waals surface area contributed by atoms with Crippen molar-refractivity contribution in [3.63, 3.8) is 0 Å². The average Bonchev–Trinajstić information content (AvgIpc) is 2.86. The monoisotopic (exact) mass is 277 g/mol. The van der Waals surface area contributed by atoms with E-state index in [1.165, 1.54) is 11.1 Å². The van der Waals surface area contributed by atoms with Crippen LogP contribution in [0.3, 0.4) is 0 Å². The molecule has 0 aliphatic rings. The van der Waals surface area contributed by atoms with Crippen molar-refractivity contribution in [3.05, 3.63) is 58.5 Å². The van der Waals surface area contributed by atoms with E-state index >= 15 is 0 Å². The van der Waals surface area contributed by atoms with Crippen LogP contribution in [-0.4, -0.2) is 6.54 Å². The van der Waals surface area contributed by atoms with Gasteiger partial charge < -0.3 is 9.73 Å². The minimum Gasteiger partial charge on any atom is -0.448 e. The molecule has 0 amide bonds. The highest BCUT2D eigenvalue weighted by molar-refractivity contribution is 6.28. The minimum atomic E-state index is 0.0679. The van der Waals surface area contributed by atoms with E-state index in [1.807, 2.05) is 6.07 Å². The molecule has 1 unspecified atom stereocenters. The van der Waals surface area contributed by atoms with Crippen LogP contribution in [0.25, 0.3) is 0 Å². The van der Waals surface area contributed by atoms with Gasteiger partial charge >= 0.3 is 0 Å². The van der Waals surface area contributed by atoms with Gasteiger partial charge in [-0.25, -0.2) is 0 Å². The molecule has 0 radical (unpaired) electrons. The van der Waals surface area contributed by atoms with Gasteiger partial charge in [-0.3, -0.25) is 0 Å². The highest BCUT2D eigenvalue weighted by Crippen LogP contribution is 2.26. The summed E-state index contributed by atoms with van der Waals surface area (Å²) >= 11 is 5.88. The summed E-state index contributed by atoms with van der Waals surface area (Å²) in [6.07, 6.45) is 2.14. The molecule has 0 aliphatic carbocycles. The number of furan rings is 1. The number of aryl methyl sites for hydroxylation is 1. The van der Waals surface area contributed by atoms with E-state index in [0.717, 1.165) is 25.1 Å². The third-order valence-corrected chi connectivity index (χ3v) is 3.40. The van der Waals surface area contributed by atoms with Gasteiger partial charge in [0.1, 0.15) is 5.76 Å². The van der Waals surface area contributed by atoms with Crippen LogP contribution in [0.2, 0.25) is 5.22 Å². The van der Waals surface area contributed by atoms with E-state index in [-0.39, 0.29) is 6.04 Å². The van der Waals surface area contributed by atoms with Crippen molar-refractivity contribution in [1.29, 1.82) is 0 Å². The molecule has 1 heterocycles. The SMILES string of the molecule is CCCNC(c1ccc(CC)cc1)c1ccc(Cl)o1. The molecule has 1 aromatic carbocycles. The molecule has 1 N–H and O–H groups in total. The second kappa shape index (κ2) is 6.78. The van der Waals surface area contributed by atoms with Gasteiger partial charge in [0.25, 0.3) is 0 Å². The average molecular weight is 278 g/mol. The Balaban J connectivity index is 2.25. The molecule has 102 valence electrons. The Hall–Kier alpha value is -1.25. The highest BCUT2D eigenvalue weighted by atomic mass is 35.5. The maximum absolute atomic E-state index is 5.88. The molecule has 0 fully saturated rings. The number of nitrogens with one attached hydrogen (secondary N) is 1. The summed E-state index contributed by atoms with van der Waals surface area (Å²) in [6.45, 7) is 5.26. The van der Waals surface area contributed by atoms with E-state index in [9.17, 15) is 0 Å². The van der Waals surface area contributed by atoms with Crippen molar-refractivity contribution in [2.45, 2.75) is 32.7 Å². The van der Waals surface area contributed by atoms with E-state index in [2.05, 4.69) is 43.4 Å². The van der Waals surface area contributed by atoms with Crippen molar-refractivity contribution in [2.75, 3.05) is 6.54 Å². The Bertz CT molecular complexity index is 504. The molecule has 19 heavy (non-hydrogen) atoms. The van der Waals surface area contributed by atoms with E-state index < -0.39 is 0 Å². The lowest BCUT2D eigenvalue weighted by Crippen LogP contribution is -2.22. The predicted octanol–water partition coefficient (Wildman–Crippen LogP) is 4.58. The number of hydrogen-bond donors (Lipinski definition) is 1. The third-order valence-electron chi connectivity index (χ3n) is 3.20. The first kappa shape index (κ1) is 14.2. The van der Waals surface area contributed by atoms with Crippen molar-refractivity contribution in [2.24, 2.45) is 0 Å². The second-order valence-electron chi connectivity index (χ2n) is 4.62. The third kappa shape index (κ3) is 3.62. The maximum atomic E-state index is 5.88. The summed E-state index contributed by atoms with van der Waals surface area (Å²) in [4.78, 5) is 0. The number of halogens is 1. The predicted molar refractivity (Wildman–Crippen MR) is 79.7 cm³/mol. The lowest BCUT2D eigenvalue weighted by Gasteiger charge is -2.17. The Morgan fingerprint density at radius 2 is 1.84 bits per heavy atom. The molecular weight excluding hydrogens is 258 g/mol. The van der Waals surface area contributed by atoms with Gasteiger partial charge in [-0.2, -0.15) is 0 Å². The molecule has 0 saturated heterocycles. The highest BCUT2D eigenvalue weighted by Gasteiger charge is 2.16. The normalized spacial score (nSPS) is 12.6. The summed E-state index contributed by atoms with van der Waals surface area (Å²) < 4.78 is 5.56. The summed E-state index contributed by atoms with van der Waals surface area (Å²) in [6, 6.07) is 12.4. The first-order chi connectivity index (χ1) is 9.24. The number of benzene rings is 1. The van der Waals surface area contributed by atoms with Crippen LogP contribution >= 0.6 is 11.6 Å². The van der Waals surface area contributed by atoms with Gasteiger partial charge in [-0.15, -0.1) is 0 Å². The molecule has 1 atom stereocenters.